The van der Waals surface area contributed by atoms with Gasteiger partial charge in [-0.15, -0.1) is 0 Å². The van der Waals surface area contributed by atoms with E-state index in [-0.39, 0.29) is 6.54 Å². The smallest absolute Gasteiger partial charge is 0.313 e. The molecule has 18 heavy (non-hydrogen) atoms. The quantitative estimate of drug-likeness (QED) is 0.892. The van der Waals surface area contributed by atoms with Gasteiger partial charge in [-0.25, -0.2) is 4.79 Å². The Bertz CT molecular complexity index is 716. The fourth-order valence-corrected chi connectivity index (χ4v) is 2.20. The molecule has 0 aromatic carbocycles. The van der Waals surface area contributed by atoms with E-state index in [2.05, 4.69) is 26.0 Å². The lowest BCUT2D eigenvalue weighted by atomic mass is 10.2. The molecule has 8 heteroatoms. The molecule has 0 spiro atoms. The number of H-pyrrole nitrogens is 1. The third-order valence-corrected chi connectivity index (χ3v) is 3.64. The third-order valence-electron chi connectivity index (χ3n) is 2.60. The molecular weight excluding hydrogens is 323 g/mol. The van der Waals surface area contributed by atoms with E-state index in [1.165, 1.54) is 10.9 Å². The van der Waals surface area contributed by atoms with Crippen LogP contribution in [0.15, 0.2) is 20.3 Å². The van der Waals surface area contributed by atoms with Gasteiger partial charge in [0.1, 0.15) is 5.15 Å². The van der Waals surface area contributed by atoms with Crippen LogP contribution in [-0.2, 0) is 13.6 Å². The van der Waals surface area contributed by atoms with E-state index < -0.39 is 11.2 Å². The van der Waals surface area contributed by atoms with Crippen molar-refractivity contribution in [2.75, 3.05) is 0 Å². The van der Waals surface area contributed by atoms with Crippen LogP contribution in [0.25, 0.3) is 0 Å². The molecule has 0 amide bonds. The number of hydrogen-bond acceptors (Lipinski definition) is 3. The molecular formula is C10H10BrClN4O2. The first kappa shape index (κ1) is 13.1. The topological polar surface area (TPSA) is 72.7 Å². The van der Waals surface area contributed by atoms with Crippen LogP contribution in [0.3, 0.4) is 0 Å². The first-order chi connectivity index (χ1) is 8.41. The summed E-state index contributed by atoms with van der Waals surface area (Å²) in [5, 5.41) is 4.55. The SMILES string of the molecule is Cc1nn(C)c(Cl)c1Cn1c(=O)[nH]cc(Br)c1=O. The number of nitrogens with zero attached hydrogens (tertiary/aromatic N) is 3. The Balaban J connectivity index is 2.57. The number of aromatic amines is 1. The van der Waals surface area contributed by atoms with Crippen LogP contribution in [-0.4, -0.2) is 19.3 Å². The summed E-state index contributed by atoms with van der Waals surface area (Å²) in [7, 11) is 1.70. The van der Waals surface area contributed by atoms with Gasteiger partial charge in [0.2, 0.25) is 0 Å². The molecule has 0 aliphatic rings. The summed E-state index contributed by atoms with van der Waals surface area (Å²) in [5.74, 6) is 0. The average Bonchev–Trinajstić information content (AvgIpc) is 2.55. The van der Waals surface area contributed by atoms with Gasteiger partial charge in [0, 0.05) is 18.8 Å². The molecule has 0 aliphatic heterocycles. The van der Waals surface area contributed by atoms with E-state index in [0.717, 1.165) is 4.57 Å². The molecule has 0 radical (unpaired) electrons. The van der Waals surface area contributed by atoms with E-state index in [0.29, 0.717) is 20.9 Å². The van der Waals surface area contributed by atoms with E-state index in [9.17, 15) is 9.59 Å². The zero-order valence-electron chi connectivity index (χ0n) is 9.70. The van der Waals surface area contributed by atoms with Gasteiger partial charge >= 0.3 is 5.69 Å². The van der Waals surface area contributed by atoms with Crippen LogP contribution >= 0.6 is 27.5 Å². The summed E-state index contributed by atoms with van der Waals surface area (Å²) in [6.07, 6.45) is 1.32. The summed E-state index contributed by atoms with van der Waals surface area (Å²) in [5.41, 5.74) is 0.458. The van der Waals surface area contributed by atoms with E-state index in [1.54, 1.807) is 14.0 Å². The molecule has 2 rings (SSSR count). The highest BCUT2D eigenvalue weighted by Crippen LogP contribution is 2.18. The zero-order chi connectivity index (χ0) is 13.4. The zero-order valence-corrected chi connectivity index (χ0v) is 12.0. The highest BCUT2D eigenvalue weighted by molar-refractivity contribution is 9.10. The highest BCUT2D eigenvalue weighted by Gasteiger charge is 2.14. The van der Waals surface area contributed by atoms with Crippen molar-refractivity contribution in [2.24, 2.45) is 7.05 Å². The van der Waals surface area contributed by atoms with Crippen molar-refractivity contribution in [2.45, 2.75) is 13.5 Å². The van der Waals surface area contributed by atoms with Gasteiger partial charge in [-0.05, 0) is 22.9 Å². The highest BCUT2D eigenvalue weighted by atomic mass is 79.9. The van der Waals surface area contributed by atoms with E-state index in [1.807, 2.05) is 0 Å². The number of rotatable bonds is 2. The minimum Gasteiger partial charge on any atom is -0.313 e. The van der Waals surface area contributed by atoms with Gasteiger partial charge in [0.05, 0.1) is 16.7 Å². The molecule has 2 aromatic rings. The maximum absolute atomic E-state index is 11.8. The standard InChI is InChI=1S/C10H10BrClN4O2/c1-5-6(8(12)15(2)14-5)4-16-9(17)7(11)3-13-10(16)18/h3H,4H2,1-2H3,(H,13,18). The maximum Gasteiger partial charge on any atom is 0.328 e. The molecule has 1 N–H and O–H groups in total. The monoisotopic (exact) mass is 332 g/mol. The summed E-state index contributed by atoms with van der Waals surface area (Å²) < 4.78 is 2.86. The van der Waals surface area contributed by atoms with Crippen molar-refractivity contribution in [3.63, 3.8) is 0 Å². The van der Waals surface area contributed by atoms with Gasteiger partial charge in [0.25, 0.3) is 5.56 Å². The predicted molar refractivity (Wildman–Crippen MR) is 71.1 cm³/mol. The number of aromatic nitrogens is 4. The van der Waals surface area contributed by atoms with Crippen molar-refractivity contribution in [1.29, 1.82) is 0 Å². The Kier molecular flexibility index (Phi) is 3.45. The lowest BCUT2D eigenvalue weighted by Gasteiger charge is -2.04. The predicted octanol–water partition coefficient (Wildman–Crippen LogP) is 1.04. The van der Waals surface area contributed by atoms with Gasteiger partial charge in [-0.2, -0.15) is 5.10 Å². The van der Waals surface area contributed by atoms with Crippen LogP contribution in [0.2, 0.25) is 5.15 Å². The lowest BCUT2D eigenvalue weighted by molar-refractivity contribution is 0.691. The normalized spacial score (nSPS) is 10.9. The molecule has 2 aromatic heterocycles. The minimum absolute atomic E-state index is 0.0894. The van der Waals surface area contributed by atoms with Gasteiger partial charge in [-0.3, -0.25) is 14.0 Å². The van der Waals surface area contributed by atoms with Crippen LogP contribution < -0.4 is 11.2 Å². The first-order valence-corrected chi connectivity index (χ1v) is 6.25. The van der Waals surface area contributed by atoms with Gasteiger partial charge in [-0.1, -0.05) is 11.6 Å². The van der Waals surface area contributed by atoms with E-state index >= 15 is 0 Å². The van der Waals surface area contributed by atoms with Crippen molar-refractivity contribution in [3.05, 3.63) is 47.9 Å². The van der Waals surface area contributed by atoms with Crippen LogP contribution in [0.5, 0.6) is 0 Å². The molecule has 2 heterocycles. The molecule has 0 unspecified atom stereocenters. The molecule has 0 atom stereocenters. The Labute approximate surface area is 115 Å². The second kappa shape index (κ2) is 4.74. The molecule has 0 aliphatic carbocycles. The Hall–Kier alpha value is -1.34. The number of halogens is 2. The second-order valence-corrected chi connectivity index (χ2v) is 5.02. The summed E-state index contributed by atoms with van der Waals surface area (Å²) >= 11 is 9.15. The van der Waals surface area contributed by atoms with Crippen molar-refractivity contribution in [3.8, 4) is 0 Å². The largest absolute Gasteiger partial charge is 0.328 e. The third kappa shape index (κ3) is 2.15. The Morgan fingerprint density at radius 3 is 2.72 bits per heavy atom. The molecule has 0 saturated carbocycles. The van der Waals surface area contributed by atoms with Crippen LogP contribution in [0, 0.1) is 6.92 Å². The van der Waals surface area contributed by atoms with Crippen LogP contribution in [0.1, 0.15) is 11.3 Å². The fourth-order valence-electron chi connectivity index (χ4n) is 1.64. The average molecular weight is 334 g/mol. The number of hydrogen-bond donors (Lipinski definition) is 1. The molecule has 0 fully saturated rings. The fraction of sp³-hybridized carbons (Fsp3) is 0.300. The summed E-state index contributed by atoms with van der Waals surface area (Å²) in [6.45, 7) is 1.87. The van der Waals surface area contributed by atoms with E-state index in [4.69, 9.17) is 11.6 Å². The Morgan fingerprint density at radius 1 is 1.50 bits per heavy atom. The number of aryl methyl sites for hydroxylation is 2. The van der Waals surface area contributed by atoms with Crippen molar-refractivity contribution >= 4 is 27.5 Å². The van der Waals surface area contributed by atoms with Crippen molar-refractivity contribution < 1.29 is 0 Å². The lowest BCUT2D eigenvalue weighted by Crippen LogP contribution is -2.35. The second-order valence-electron chi connectivity index (χ2n) is 3.81. The molecule has 96 valence electrons. The molecule has 0 bridgehead atoms. The summed E-state index contributed by atoms with van der Waals surface area (Å²) in [6, 6.07) is 0. The minimum atomic E-state index is -0.484. The number of nitrogens with one attached hydrogen (secondary N) is 1. The van der Waals surface area contributed by atoms with Crippen molar-refractivity contribution in [1.82, 2.24) is 19.3 Å². The Morgan fingerprint density at radius 2 is 2.17 bits per heavy atom. The molecule has 6 nitrogen and oxygen atoms in total. The molecule has 0 saturated heterocycles. The summed E-state index contributed by atoms with van der Waals surface area (Å²) in [4.78, 5) is 26.0. The van der Waals surface area contributed by atoms with Gasteiger partial charge < -0.3 is 4.98 Å². The maximum atomic E-state index is 11.8. The first-order valence-electron chi connectivity index (χ1n) is 5.07. The van der Waals surface area contributed by atoms with Gasteiger partial charge in [0.15, 0.2) is 0 Å². The van der Waals surface area contributed by atoms with Crippen LogP contribution in [0.4, 0.5) is 0 Å².